The largest absolute Gasteiger partial charge is 0.316 e. The van der Waals surface area contributed by atoms with E-state index in [9.17, 15) is 4.79 Å². The highest BCUT2D eigenvalue weighted by atomic mass is 16.2. The molecule has 0 fully saturated rings. The monoisotopic (exact) mass is 131 g/mol. The van der Waals surface area contributed by atoms with Crippen molar-refractivity contribution in [2.45, 2.75) is 13.3 Å². The number of hydrazine groups is 1. The van der Waals surface area contributed by atoms with Crippen molar-refractivity contribution in [3.8, 4) is 0 Å². The fourth-order valence-electron chi connectivity index (χ4n) is 0.451. The van der Waals surface area contributed by atoms with Crippen LogP contribution in [0, 0.1) is 0 Å². The number of nitrogens with two attached hydrogens (primary N) is 1. The van der Waals surface area contributed by atoms with Gasteiger partial charge >= 0.3 is 0 Å². The zero-order valence-electron chi connectivity index (χ0n) is 5.61. The summed E-state index contributed by atoms with van der Waals surface area (Å²) in [5.74, 6) is 4.70. The summed E-state index contributed by atoms with van der Waals surface area (Å²) in [6, 6.07) is 0. The van der Waals surface area contributed by atoms with E-state index in [4.69, 9.17) is 5.84 Å². The molecule has 0 aromatic rings. The lowest BCUT2D eigenvalue weighted by atomic mass is 10.4. The van der Waals surface area contributed by atoms with Crippen molar-refractivity contribution >= 4 is 5.91 Å². The minimum Gasteiger partial charge on any atom is -0.316 e. The van der Waals surface area contributed by atoms with Crippen molar-refractivity contribution in [3.63, 3.8) is 0 Å². The average Bonchev–Trinajstić information content (AvgIpc) is 1.89. The van der Waals surface area contributed by atoms with Gasteiger partial charge in [-0.1, -0.05) is 6.92 Å². The van der Waals surface area contributed by atoms with Gasteiger partial charge in [0.2, 0.25) is 5.91 Å². The molecule has 1 amide bonds. The smallest absolute Gasteiger partial charge is 0.235 e. The molecule has 4 N–H and O–H groups in total. The van der Waals surface area contributed by atoms with Crippen molar-refractivity contribution in [2.24, 2.45) is 5.84 Å². The summed E-state index contributed by atoms with van der Waals surface area (Å²) >= 11 is 0. The van der Waals surface area contributed by atoms with E-state index in [1.165, 1.54) is 0 Å². The fraction of sp³-hybridized carbons (Fsp3) is 0.800. The molecule has 0 aliphatic rings. The minimum atomic E-state index is -0.129. The summed E-state index contributed by atoms with van der Waals surface area (Å²) < 4.78 is 0. The normalized spacial score (nSPS) is 9.11. The summed E-state index contributed by atoms with van der Waals surface area (Å²) in [5, 5.41) is 3.00. The Bertz CT molecular complexity index is 84.3. The second-order valence-electron chi connectivity index (χ2n) is 1.67. The van der Waals surface area contributed by atoms with Gasteiger partial charge in [-0.15, -0.1) is 0 Å². The van der Waals surface area contributed by atoms with Crippen molar-refractivity contribution in [2.75, 3.05) is 13.1 Å². The molecule has 0 aliphatic heterocycles. The first kappa shape index (κ1) is 8.39. The number of rotatable bonds is 4. The number of carbonyl (C=O) groups is 1. The van der Waals surface area contributed by atoms with Gasteiger partial charge in [0.15, 0.2) is 0 Å². The van der Waals surface area contributed by atoms with Crippen LogP contribution >= 0.6 is 0 Å². The lowest BCUT2D eigenvalue weighted by molar-refractivity contribution is -0.121. The Morgan fingerprint density at radius 2 is 2.33 bits per heavy atom. The fourth-order valence-corrected chi connectivity index (χ4v) is 0.451. The molecule has 0 unspecified atom stereocenters. The van der Waals surface area contributed by atoms with Crippen LogP contribution in [0.2, 0.25) is 0 Å². The molecule has 0 aromatic carbocycles. The Balaban J connectivity index is 2.97. The van der Waals surface area contributed by atoms with Crippen molar-refractivity contribution in [3.05, 3.63) is 0 Å². The third-order valence-corrected chi connectivity index (χ3v) is 0.940. The van der Waals surface area contributed by atoms with Crippen LogP contribution in [0.3, 0.4) is 0 Å². The Morgan fingerprint density at radius 1 is 1.67 bits per heavy atom. The molecule has 0 spiro atoms. The topological polar surface area (TPSA) is 67.2 Å². The van der Waals surface area contributed by atoms with Crippen LogP contribution in [0.15, 0.2) is 0 Å². The van der Waals surface area contributed by atoms with Gasteiger partial charge < -0.3 is 5.32 Å². The van der Waals surface area contributed by atoms with E-state index < -0.39 is 0 Å². The predicted molar refractivity (Wildman–Crippen MR) is 35.5 cm³/mol. The van der Waals surface area contributed by atoms with Crippen LogP contribution in [-0.4, -0.2) is 19.0 Å². The van der Waals surface area contributed by atoms with Gasteiger partial charge in [0.25, 0.3) is 0 Å². The van der Waals surface area contributed by atoms with Crippen LogP contribution in [0.5, 0.6) is 0 Å². The minimum absolute atomic E-state index is 0.129. The molecule has 0 aromatic heterocycles. The molecule has 0 radical (unpaired) electrons. The van der Waals surface area contributed by atoms with Gasteiger partial charge in [-0.3, -0.25) is 10.2 Å². The van der Waals surface area contributed by atoms with Crippen molar-refractivity contribution < 1.29 is 4.79 Å². The van der Waals surface area contributed by atoms with Crippen LogP contribution in [-0.2, 0) is 4.79 Å². The molecular weight excluding hydrogens is 118 g/mol. The van der Waals surface area contributed by atoms with Gasteiger partial charge in [-0.25, -0.2) is 5.84 Å². The number of nitrogens with one attached hydrogen (secondary N) is 2. The highest BCUT2D eigenvalue weighted by Crippen LogP contribution is 1.72. The zero-order valence-corrected chi connectivity index (χ0v) is 5.61. The molecule has 0 atom stereocenters. The molecular formula is C5H13N3O. The lowest BCUT2D eigenvalue weighted by Gasteiger charge is -1.98. The summed E-state index contributed by atoms with van der Waals surface area (Å²) in [6.07, 6.45) is 0.449. The highest BCUT2D eigenvalue weighted by Gasteiger charge is 1.93. The van der Waals surface area contributed by atoms with Crippen LogP contribution in [0.1, 0.15) is 13.3 Å². The molecule has 0 aliphatic carbocycles. The maximum Gasteiger partial charge on any atom is 0.235 e. The zero-order chi connectivity index (χ0) is 7.11. The second kappa shape index (κ2) is 5.53. The number of hydrogen-bond donors (Lipinski definition) is 3. The van der Waals surface area contributed by atoms with E-state index in [0.717, 1.165) is 6.54 Å². The van der Waals surface area contributed by atoms with Crippen LogP contribution < -0.4 is 16.6 Å². The molecule has 4 heteroatoms. The van der Waals surface area contributed by atoms with E-state index in [2.05, 4.69) is 5.32 Å². The maximum atomic E-state index is 10.4. The quantitative estimate of drug-likeness (QED) is 0.198. The third-order valence-electron chi connectivity index (χ3n) is 0.940. The first-order chi connectivity index (χ1) is 4.31. The van der Waals surface area contributed by atoms with Crippen molar-refractivity contribution in [1.82, 2.24) is 10.7 Å². The second-order valence-corrected chi connectivity index (χ2v) is 1.67. The Labute approximate surface area is 54.8 Å². The summed E-state index contributed by atoms with van der Waals surface area (Å²) in [7, 11) is 0. The number of hydrogen-bond acceptors (Lipinski definition) is 3. The van der Waals surface area contributed by atoms with Gasteiger partial charge in [0.1, 0.15) is 0 Å². The Hall–Kier alpha value is -0.610. The standard InChI is InChI=1S/C5H13N3O/c1-2-7-4-3-5(9)8-6/h7H,2-4,6H2,1H3,(H,8,9). The summed E-state index contributed by atoms with van der Waals surface area (Å²) in [6.45, 7) is 3.57. The van der Waals surface area contributed by atoms with E-state index in [-0.39, 0.29) is 5.91 Å². The molecule has 0 bridgehead atoms. The Morgan fingerprint density at radius 3 is 2.78 bits per heavy atom. The van der Waals surface area contributed by atoms with E-state index in [1.54, 1.807) is 0 Å². The van der Waals surface area contributed by atoms with Crippen LogP contribution in [0.4, 0.5) is 0 Å². The SMILES string of the molecule is CCNCCC(=O)NN. The molecule has 9 heavy (non-hydrogen) atoms. The Kier molecular flexibility index (Phi) is 5.15. The lowest BCUT2D eigenvalue weighted by Crippen LogP contribution is -2.32. The number of amides is 1. The molecule has 0 rings (SSSR count). The van der Waals surface area contributed by atoms with Gasteiger partial charge in [-0.05, 0) is 6.54 Å². The van der Waals surface area contributed by atoms with Gasteiger partial charge in [-0.2, -0.15) is 0 Å². The van der Waals surface area contributed by atoms with Crippen molar-refractivity contribution in [1.29, 1.82) is 0 Å². The number of carbonyl (C=O) groups excluding carboxylic acids is 1. The summed E-state index contributed by atoms with van der Waals surface area (Å²) in [5.41, 5.74) is 2.04. The molecule has 54 valence electrons. The van der Waals surface area contributed by atoms with Gasteiger partial charge in [0, 0.05) is 13.0 Å². The highest BCUT2D eigenvalue weighted by molar-refractivity contribution is 5.75. The van der Waals surface area contributed by atoms with E-state index in [1.807, 2.05) is 12.3 Å². The van der Waals surface area contributed by atoms with Gasteiger partial charge in [0.05, 0.1) is 0 Å². The van der Waals surface area contributed by atoms with Crippen LogP contribution in [0.25, 0.3) is 0 Å². The maximum absolute atomic E-state index is 10.4. The first-order valence-corrected chi connectivity index (χ1v) is 3.01. The predicted octanol–water partition coefficient (Wildman–Crippen LogP) is -1.02. The third kappa shape index (κ3) is 5.26. The molecule has 0 saturated heterocycles. The molecule has 0 heterocycles. The van der Waals surface area contributed by atoms with E-state index >= 15 is 0 Å². The molecule has 0 saturated carbocycles. The van der Waals surface area contributed by atoms with E-state index in [0.29, 0.717) is 13.0 Å². The average molecular weight is 131 g/mol. The first-order valence-electron chi connectivity index (χ1n) is 3.01. The summed E-state index contributed by atoms with van der Waals surface area (Å²) in [4.78, 5) is 10.4. The molecule has 4 nitrogen and oxygen atoms in total.